The van der Waals surface area contributed by atoms with Gasteiger partial charge >= 0.3 is 11.8 Å². The van der Waals surface area contributed by atoms with Crippen LogP contribution in [0.15, 0.2) is 24.3 Å². The minimum Gasteiger partial charge on any atom is -0.497 e. The molecule has 0 bridgehead atoms. The molecular formula is C13H12O4. The van der Waals surface area contributed by atoms with Crippen molar-refractivity contribution in [3.63, 3.8) is 0 Å². The molecule has 0 aliphatic rings. The SMILES string of the molecule is CCOC(=O)C(=O)C#Cc1cccc(OC)c1. The number of rotatable bonds is 3. The van der Waals surface area contributed by atoms with E-state index >= 15 is 0 Å². The minimum atomic E-state index is -0.928. The Morgan fingerprint density at radius 1 is 1.35 bits per heavy atom. The second-order valence-electron chi connectivity index (χ2n) is 3.03. The van der Waals surface area contributed by atoms with Crippen molar-refractivity contribution in [2.75, 3.05) is 13.7 Å². The van der Waals surface area contributed by atoms with Crippen molar-refractivity contribution in [2.24, 2.45) is 0 Å². The van der Waals surface area contributed by atoms with Gasteiger partial charge in [-0.25, -0.2) is 4.79 Å². The summed E-state index contributed by atoms with van der Waals surface area (Å²) in [6.07, 6.45) is 0. The number of Topliss-reactive ketones (excluding diaryl/α,β-unsaturated/α-hetero) is 1. The largest absolute Gasteiger partial charge is 0.497 e. The van der Waals surface area contributed by atoms with Gasteiger partial charge in [0.25, 0.3) is 0 Å². The summed E-state index contributed by atoms with van der Waals surface area (Å²) >= 11 is 0. The first-order valence-corrected chi connectivity index (χ1v) is 5.04. The predicted octanol–water partition coefficient (Wildman–Crippen LogP) is 1.18. The molecule has 0 spiro atoms. The van der Waals surface area contributed by atoms with Gasteiger partial charge in [-0.2, -0.15) is 0 Å². The molecule has 4 heteroatoms. The van der Waals surface area contributed by atoms with Crippen LogP contribution in [0.3, 0.4) is 0 Å². The van der Waals surface area contributed by atoms with E-state index in [0.29, 0.717) is 11.3 Å². The lowest BCUT2D eigenvalue weighted by Crippen LogP contribution is -2.15. The normalized spacial score (nSPS) is 8.82. The van der Waals surface area contributed by atoms with Gasteiger partial charge in [0.2, 0.25) is 0 Å². The molecule has 0 radical (unpaired) electrons. The van der Waals surface area contributed by atoms with Gasteiger partial charge in [-0.3, -0.25) is 4.79 Å². The third-order valence-electron chi connectivity index (χ3n) is 1.85. The van der Waals surface area contributed by atoms with Gasteiger partial charge in [0.15, 0.2) is 0 Å². The summed E-state index contributed by atoms with van der Waals surface area (Å²) in [5.74, 6) is 3.65. The molecule has 0 atom stereocenters. The van der Waals surface area contributed by atoms with Gasteiger partial charge in [-0.1, -0.05) is 12.0 Å². The molecule has 0 aromatic heterocycles. The standard InChI is InChI=1S/C13H12O4/c1-3-17-13(15)12(14)8-7-10-5-4-6-11(9-10)16-2/h4-6,9H,3H2,1-2H3. The molecule has 0 aliphatic carbocycles. The molecule has 4 nitrogen and oxygen atoms in total. The number of ether oxygens (including phenoxy) is 2. The number of carbonyl (C=O) groups excluding carboxylic acids is 2. The van der Waals surface area contributed by atoms with Crippen molar-refractivity contribution in [3.8, 4) is 17.6 Å². The number of benzene rings is 1. The van der Waals surface area contributed by atoms with Crippen LogP contribution in [0, 0.1) is 11.8 Å². The van der Waals surface area contributed by atoms with Crippen LogP contribution in [0.25, 0.3) is 0 Å². The Bertz CT molecular complexity index is 480. The Morgan fingerprint density at radius 2 is 2.12 bits per heavy atom. The van der Waals surface area contributed by atoms with Crippen LogP contribution >= 0.6 is 0 Å². The third-order valence-corrected chi connectivity index (χ3v) is 1.85. The molecule has 0 heterocycles. The van der Waals surface area contributed by atoms with E-state index in [1.54, 1.807) is 31.2 Å². The fourth-order valence-corrected chi connectivity index (χ4v) is 1.08. The van der Waals surface area contributed by atoms with Crippen LogP contribution in [0.4, 0.5) is 0 Å². The molecule has 1 rings (SSSR count). The van der Waals surface area contributed by atoms with Gasteiger partial charge in [-0.05, 0) is 31.0 Å². The van der Waals surface area contributed by atoms with E-state index < -0.39 is 11.8 Å². The van der Waals surface area contributed by atoms with Crippen LogP contribution in [0.1, 0.15) is 12.5 Å². The molecule has 0 saturated carbocycles. The number of ketones is 1. The zero-order valence-electron chi connectivity index (χ0n) is 9.65. The highest BCUT2D eigenvalue weighted by Gasteiger charge is 2.10. The van der Waals surface area contributed by atoms with E-state index in [4.69, 9.17) is 4.74 Å². The van der Waals surface area contributed by atoms with Gasteiger partial charge in [0.1, 0.15) is 5.75 Å². The maximum absolute atomic E-state index is 11.2. The summed E-state index contributed by atoms with van der Waals surface area (Å²) < 4.78 is 9.52. The summed E-state index contributed by atoms with van der Waals surface area (Å²) in [6, 6.07) is 6.90. The molecule has 1 aromatic rings. The van der Waals surface area contributed by atoms with Crippen molar-refractivity contribution in [1.29, 1.82) is 0 Å². The minimum absolute atomic E-state index is 0.158. The maximum atomic E-state index is 11.2. The van der Waals surface area contributed by atoms with E-state index in [2.05, 4.69) is 16.6 Å². The number of hydrogen-bond acceptors (Lipinski definition) is 4. The van der Waals surface area contributed by atoms with Crippen molar-refractivity contribution in [2.45, 2.75) is 6.92 Å². The lowest BCUT2D eigenvalue weighted by Gasteiger charge is -1.98. The summed E-state index contributed by atoms with van der Waals surface area (Å²) in [6.45, 7) is 1.78. The van der Waals surface area contributed by atoms with Crippen molar-refractivity contribution in [3.05, 3.63) is 29.8 Å². The van der Waals surface area contributed by atoms with Crippen molar-refractivity contribution >= 4 is 11.8 Å². The maximum Gasteiger partial charge on any atom is 0.388 e. The zero-order valence-corrected chi connectivity index (χ0v) is 9.65. The van der Waals surface area contributed by atoms with Crippen LogP contribution < -0.4 is 4.74 Å². The van der Waals surface area contributed by atoms with E-state index in [9.17, 15) is 9.59 Å². The summed E-state index contributed by atoms with van der Waals surface area (Å²) in [7, 11) is 1.54. The van der Waals surface area contributed by atoms with Crippen LogP contribution in [0.5, 0.6) is 5.75 Å². The third kappa shape index (κ3) is 3.99. The summed E-state index contributed by atoms with van der Waals surface area (Å²) in [5.41, 5.74) is 0.599. The zero-order chi connectivity index (χ0) is 12.7. The van der Waals surface area contributed by atoms with Crippen molar-refractivity contribution < 1.29 is 19.1 Å². The second kappa shape index (κ2) is 6.33. The molecule has 0 N–H and O–H groups in total. The predicted molar refractivity (Wildman–Crippen MR) is 61.5 cm³/mol. The van der Waals surface area contributed by atoms with Gasteiger partial charge in [0, 0.05) is 5.56 Å². The van der Waals surface area contributed by atoms with Crippen LogP contribution in [-0.4, -0.2) is 25.5 Å². The number of esters is 1. The highest BCUT2D eigenvalue weighted by Crippen LogP contribution is 2.11. The Morgan fingerprint density at radius 3 is 2.76 bits per heavy atom. The van der Waals surface area contributed by atoms with Crippen molar-refractivity contribution in [1.82, 2.24) is 0 Å². The van der Waals surface area contributed by atoms with Crippen LogP contribution in [-0.2, 0) is 14.3 Å². The second-order valence-corrected chi connectivity index (χ2v) is 3.03. The molecule has 88 valence electrons. The quantitative estimate of drug-likeness (QED) is 0.446. The van der Waals surface area contributed by atoms with E-state index in [-0.39, 0.29) is 6.61 Å². The first-order valence-electron chi connectivity index (χ1n) is 5.04. The Kier molecular flexibility index (Phi) is 4.77. The fourth-order valence-electron chi connectivity index (χ4n) is 1.08. The highest BCUT2D eigenvalue weighted by molar-refractivity contribution is 6.40. The lowest BCUT2D eigenvalue weighted by atomic mass is 10.2. The fraction of sp³-hybridized carbons (Fsp3) is 0.231. The number of hydrogen-bond donors (Lipinski definition) is 0. The van der Waals surface area contributed by atoms with E-state index in [1.165, 1.54) is 7.11 Å². The first kappa shape index (κ1) is 12.8. The molecular weight excluding hydrogens is 220 g/mol. The lowest BCUT2D eigenvalue weighted by molar-refractivity contribution is -0.150. The summed E-state index contributed by atoms with van der Waals surface area (Å²) in [5, 5.41) is 0. The molecule has 0 amide bonds. The molecule has 0 saturated heterocycles. The van der Waals surface area contributed by atoms with Crippen LogP contribution in [0.2, 0.25) is 0 Å². The average molecular weight is 232 g/mol. The molecule has 17 heavy (non-hydrogen) atoms. The Balaban J connectivity index is 2.77. The van der Waals surface area contributed by atoms with Gasteiger partial charge in [-0.15, -0.1) is 0 Å². The van der Waals surface area contributed by atoms with Gasteiger partial charge < -0.3 is 9.47 Å². The topological polar surface area (TPSA) is 52.6 Å². The molecule has 0 unspecified atom stereocenters. The smallest absolute Gasteiger partial charge is 0.388 e. The monoisotopic (exact) mass is 232 g/mol. The van der Waals surface area contributed by atoms with E-state index in [1.807, 2.05) is 0 Å². The Labute approximate surface area is 99.5 Å². The van der Waals surface area contributed by atoms with Gasteiger partial charge in [0.05, 0.1) is 13.7 Å². The molecule has 0 fully saturated rings. The average Bonchev–Trinajstić information content (AvgIpc) is 2.36. The number of methoxy groups -OCH3 is 1. The number of carbonyl (C=O) groups is 2. The van der Waals surface area contributed by atoms with E-state index in [0.717, 1.165) is 0 Å². The highest BCUT2D eigenvalue weighted by atomic mass is 16.5. The Hall–Kier alpha value is -2.28. The molecule has 1 aromatic carbocycles. The summed E-state index contributed by atoms with van der Waals surface area (Å²) in [4.78, 5) is 22.2. The first-order chi connectivity index (χ1) is 8.17. The molecule has 0 aliphatic heterocycles.